The van der Waals surface area contributed by atoms with Crippen molar-refractivity contribution in [3.8, 4) is 22.5 Å². The fourth-order valence-corrected chi connectivity index (χ4v) is 5.15. The minimum Gasteiger partial charge on any atom is -0.381 e. The van der Waals surface area contributed by atoms with Crippen molar-refractivity contribution in [2.45, 2.75) is 32.4 Å². The predicted molar refractivity (Wildman–Crippen MR) is 123 cm³/mol. The van der Waals surface area contributed by atoms with E-state index in [9.17, 15) is 4.79 Å². The topological polar surface area (TPSA) is 83.0 Å². The Morgan fingerprint density at radius 1 is 1.21 bits per heavy atom. The maximum absolute atomic E-state index is 15.6. The summed E-state index contributed by atoms with van der Waals surface area (Å²) in [6.07, 6.45) is 4.54. The molecular weight excluding hydrogens is 437 g/mol. The van der Waals surface area contributed by atoms with Crippen molar-refractivity contribution in [1.29, 1.82) is 0 Å². The van der Waals surface area contributed by atoms with E-state index in [2.05, 4.69) is 14.8 Å². The van der Waals surface area contributed by atoms with Crippen molar-refractivity contribution in [3.05, 3.63) is 41.9 Å². The van der Waals surface area contributed by atoms with Crippen LogP contribution in [0.5, 0.6) is 0 Å². The molecule has 2 aliphatic heterocycles. The number of aryl methyl sites for hydroxylation is 2. The summed E-state index contributed by atoms with van der Waals surface area (Å²) in [5.41, 5.74) is 4.19. The van der Waals surface area contributed by atoms with Gasteiger partial charge in [0, 0.05) is 75.4 Å². The molecule has 1 unspecified atom stereocenters. The highest BCUT2D eigenvalue weighted by atomic mass is 19.1. The second-order valence-electron chi connectivity index (χ2n) is 9.14. The van der Waals surface area contributed by atoms with Crippen LogP contribution in [-0.4, -0.2) is 59.7 Å². The Balaban J connectivity index is 1.55. The lowest BCUT2D eigenvalue weighted by Crippen LogP contribution is -2.37. The van der Waals surface area contributed by atoms with Gasteiger partial charge in [0.25, 0.3) is 0 Å². The Bertz CT molecular complexity index is 1430. The summed E-state index contributed by atoms with van der Waals surface area (Å²) in [5.74, 6) is 0.742. The Labute approximate surface area is 195 Å². The molecule has 1 amide bonds. The Kier molecular flexibility index (Phi) is 4.80. The standard InChI is InChI=1S/C24H26FN7O2/c1-14(33)31-5-6-32-21(12-31)23(27-24(32)15-4-7-34-13-15)17-8-18-20(9-19(17)25)30(3)28-22(18)16-10-26-29(2)11-16/h8-11,15H,4-7,12-13H2,1-3H3. The van der Waals surface area contributed by atoms with Gasteiger partial charge in [-0.2, -0.15) is 10.2 Å². The van der Waals surface area contributed by atoms with Crippen LogP contribution in [0.15, 0.2) is 24.5 Å². The number of carbonyl (C=O) groups is 1. The number of rotatable bonds is 3. The summed E-state index contributed by atoms with van der Waals surface area (Å²) in [4.78, 5) is 18.9. The molecule has 176 valence electrons. The SMILES string of the molecule is CC(=O)N1CCn2c(C3CCOC3)nc(-c3cc4c(-c5cnn(C)c5)nn(C)c4cc3F)c2C1. The van der Waals surface area contributed by atoms with Crippen LogP contribution in [0.1, 0.15) is 30.8 Å². The molecule has 10 heteroatoms. The lowest BCUT2D eigenvalue weighted by Gasteiger charge is -2.29. The highest BCUT2D eigenvalue weighted by molar-refractivity contribution is 5.96. The zero-order chi connectivity index (χ0) is 23.6. The number of fused-ring (bicyclic) bond motifs is 2. The number of imidazole rings is 1. The maximum atomic E-state index is 15.6. The van der Waals surface area contributed by atoms with Gasteiger partial charge in [-0.15, -0.1) is 0 Å². The van der Waals surface area contributed by atoms with E-state index >= 15 is 4.39 Å². The van der Waals surface area contributed by atoms with Crippen molar-refractivity contribution < 1.29 is 13.9 Å². The van der Waals surface area contributed by atoms with Gasteiger partial charge in [0.15, 0.2) is 0 Å². The third-order valence-electron chi connectivity index (χ3n) is 6.95. The van der Waals surface area contributed by atoms with Gasteiger partial charge in [0.1, 0.15) is 17.3 Å². The largest absolute Gasteiger partial charge is 0.381 e. The highest BCUT2D eigenvalue weighted by Crippen LogP contribution is 2.38. The van der Waals surface area contributed by atoms with Gasteiger partial charge in [0.05, 0.1) is 36.3 Å². The lowest BCUT2D eigenvalue weighted by atomic mass is 10.0. The second-order valence-corrected chi connectivity index (χ2v) is 9.14. The van der Waals surface area contributed by atoms with Crippen molar-refractivity contribution in [3.63, 3.8) is 0 Å². The first-order chi connectivity index (χ1) is 16.4. The van der Waals surface area contributed by atoms with Gasteiger partial charge in [-0.1, -0.05) is 0 Å². The van der Waals surface area contributed by atoms with Gasteiger partial charge < -0.3 is 14.2 Å². The maximum Gasteiger partial charge on any atom is 0.219 e. The molecule has 1 fully saturated rings. The number of aromatic nitrogens is 6. The van der Waals surface area contributed by atoms with Crippen LogP contribution in [-0.2, 0) is 36.7 Å². The third-order valence-corrected chi connectivity index (χ3v) is 6.95. The zero-order valence-corrected chi connectivity index (χ0v) is 19.5. The molecule has 34 heavy (non-hydrogen) atoms. The average molecular weight is 464 g/mol. The van der Waals surface area contributed by atoms with Gasteiger partial charge in [-0.05, 0) is 12.5 Å². The smallest absolute Gasteiger partial charge is 0.219 e. The first kappa shape index (κ1) is 21.0. The fraction of sp³-hybridized carbons (Fsp3) is 0.417. The summed E-state index contributed by atoms with van der Waals surface area (Å²) in [6, 6.07) is 3.36. The molecule has 1 saturated heterocycles. The van der Waals surface area contributed by atoms with E-state index < -0.39 is 0 Å². The van der Waals surface area contributed by atoms with Crippen LogP contribution in [0.2, 0.25) is 0 Å². The molecule has 4 aromatic rings. The molecule has 6 rings (SSSR count). The molecular formula is C24H26FN7O2. The number of nitrogens with zero attached hydrogens (tertiary/aromatic N) is 7. The monoisotopic (exact) mass is 463 g/mol. The van der Waals surface area contributed by atoms with Crippen LogP contribution in [0.3, 0.4) is 0 Å². The van der Waals surface area contributed by atoms with Gasteiger partial charge in [0.2, 0.25) is 5.91 Å². The molecule has 0 radical (unpaired) electrons. The Morgan fingerprint density at radius 2 is 2.06 bits per heavy atom. The molecule has 0 saturated carbocycles. The third kappa shape index (κ3) is 3.24. The number of carbonyl (C=O) groups excluding carboxylic acids is 1. The number of hydrogen-bond acceptors (Lipinski definition) is 5. The van der Waals surface area contributed by atoms with Crippen LogP contribution in [0.25, 0.3) is 33.4 Å². The minimum atomic E-state index is -0.358. The van der Waals surface area contributed by atoms with E-state index in [1.807, 2.05) is 26.4 Å². The van der Waals surface area contributed by atoms with Gasteiger partial charge in [-0.25, -0.2) is 9.37 Å². The first-order valence-corrected chi connectivity index (χ1v) is 11.5. The summed E-state index contributed by atoms with van der Waals surface area (Å²) < 4.78 is 26.8. The summed E-state index contributed by atoms with van der Waals surface area (Å²) in [6.45, 7) is 4.55. The van der Waals surface area contributed by atoms with E-state index in [0.717, 1.165) is 34.6 Å². The highest BCUT2D eigenvalue weighted by Gasteiger charge is 2.32. The molecule has 0 spiro atoms. The van der Waals surface area contributed by atoms with E-state index in [0.29, 0.717) is 49.6 Å². The summed E-state index contributed by atoms with van der Waals surface area (Å²) in [5, 5.41) is 9.74. The van der Waals surface area contributed by atoms with Gasteiger partial charge in [-0.3, -0.25) is 14.2 Å². The molecule has 9 nitrogen and oxygen atoms in total. The zero-order valence-electron chi connectivity index (χ0n) is 19.5. The van der Waals surface area contributed by atoms with Crippen LogP contribution in [0.4, 0.5) is 4.39 Å². The predicted octanol–water partition coefficient (Wildman–Crippen LogP) is 2.84. The molecule has 2 aliphatic rings. The van der Waals surface area contributed by atoms with E-state index in [1.54, 1.807) is 27.4 Å². The van der Waals surface area contributed by atoms with Gasteiger partial charge >= 0.3 is 0 Å². The number of ether oxygens (including phenoxy) is 1. The van der Waals surface area contributed by atoms with E-state index in [1.165, 1.54) is 6.07 Å². The molecule has 5 heterocycles. The van der Waals surface area contributed by atoms with Crippen molar-refractivity contribution in [2.75, 3.05) is 19.8 Å². The average Bonchev–Trinajstić information content (AvgIpc) is 3.60. The molecule has 1 atom stereocenters. The normalized spacial score (nSPS) is 18.1. The first-order valence-electron chi connectivity index (χ1n) is 11.5. The van der Waals surface area contributed by atoms with Crippen LogP contribution >= 0.6 is 0 Å². The fourth-order valence-electron chi connectivity index (χ4n) is 5.15. The number of hydrogen-bond donors (Lipinski definition) is 0. The molecule has 0 N–H and O–H groups in total. The number of amides is 1. The minimum absolute atomic E-state index is 0.00574. The number of benzene rings is 1. The molecule has 1 aromatic carbocycles. The summed E-state index contributed by atoms with van der Waals surface area (Å²) >= 11 is 0. The Morgan fingerprint density at radius 3 is 2.76 bits per heavy atom. The summed E-state index contributed by atoms with van der Waals surface area (Å²) in [7, 11) is 3.66. The van der Waals surface area contributed by atoms with Crippen LogP contribution in [0, 0.1) is 5.82 Å². The number of halogens is 1. The van der Waals surface area contributed by atoms with E-state index in [4.69, 9.17) is 9.72 Å². The van der Waals surface area contributed by atoms with Crippen molar-refractivity contribution in [2.24, 2.45) is 14.1 Å². The van der Waals surface area contributed by atoms with Crippen molar-refractivity contribution in [1.82, 2.24) is 34.0 Å². The van der Waals surface area contributed by atoms with E-state index in [-0.39, 0.29) is 17.6 Å². The quantitative estimate of drug-likeness (QED) is 0.467. The molecule has 0 aliphatic carbocycles. The molecule has 0 bridgehead atoms. The molecule has 3 aromatic heterocycles. The second kappa shape index (κ2) is 7.76. The lowest BCUT2D eigenvalue weighted by molar-refractivity contribution is -0.130. The Hall–Kier alpha value is -3.53. The van der Waals surface area contributed by atoms with Crippen LogP contribution < -0.4 is 0 Å². The van der Waals surface area contributed by atoms with Crippen molar-refractivity contribution >= 4 is 16.8 Å².